The Morgan fingerprint density at radius 3 is 2.10 bits per heavy atom. The van der Waals surface area contributed by atoms with Gasteiger partial charge in [0.05, 0.1) is 11.5 Å². The van der Waals surface area contributed by atoms with E-state index in [1.165, 1.54) is 0 Å². The molecule has 2 atom stereocenters. The lowest BCUT2D eigenvalue weighted by molar-refractivity contribution is 0.154. The number of hydrogen-bond donors (Lipinski definition) is 1. The topological polar surface area (TPSA) is 20.2 Å². The van der Waals surface area contributed by atoms with Gasteiger partial charge in [0.25, 0.3) is 0 Å². The summed E-state index contributed by atoms with van der Waals surface area (Å²) in [6, 6.07) is 0. The zero-order chi connectivity index (χ0) is 7.98. The van der Waals surface area contributed by atoms with Crippen LogP contribution in [0.2, 0.25) is 0 Å². The molecule has 1 N–H and O–H groups in total. The number of rotatable bonds is 5. The molecule has 2 heteroatoms. The average molecular weight is 165 g/mol. The largest absolute Gasteiger partial charge is 0.392 e. The molecule has 0 aromatic heterocycles. The molecule has 0 aliphatic rings. The van der Waals surface area contributed by atoms with Crippen molar-refractivity contribution in [1.29, 1.82) is 0 Å². The molecule has 0 radical (unpaired) electrons. The maximum Gasteiger partial charge on any atom is 0.0703 e. The van der Waals surface area contributed by atoms with Gasteiger partial charge in [-0.2, -0.15) is 0 Å². The Hall–Kier alpha value is 0.250. The molecule has 0 fully saturated rings. The molecule has 0 heterocycles. The molecule has 0 aromatic rings. The highest BCUT2D eigenvalue weighted by Crippen LogP contribution is 2.13. The van der Waals surface area contributed by atoms with Crippen molar-refractivity contribution in [3.63, 3.8) is 0 Å². The molecule has 62 valence electrons. The van der Waals surface area contributed by atoms with Gasteiger partial charge in [0.2, 0.25) is 0 Å². The van der Waals surface area contributed by atoms with Crippen LogP contribution in [-0.2, 0) is 0 Å². The van der Waals surface area contributed by atoms with Gasteiger partial charge in [0.1, 0.15) is 0 Å². The third-order valence-corrected chi connectivity index (χ3v) is 2.08. The average Bonchev–Trinajstić information content (AvgIpc) is 1.89. The van der Waals surface area contributed by atoms with Gasteiger partial charge in [0.15, 0.2) is 0 Å². The summed E-state index contributed by atoms with van der Waals surface area (Å²) in [5.41, 5.74) is 0. The highest BCUT2D eigenvalue weighted by atomic mass is 35.5. The summed E-state index contributed by atoms with van der Waals surface area (Å²) < 4.78 is 0. The van der Waals surface area contributed by atoms with Gasteiger partial charge in [-0.1, -0.05) is 26.7 Å². The fourth-order valence-corrected chi connectivity index (χ4v) is 1.29. The minimum atomic E-state index is -0.299. The summed E-state index contributed by atoms with van der Waals surface area (Å²) >= 11 is 5.86. The quantitative estimate of drug-likeness (QED) is 0.620. The molecule has 0 unspecified atom stereocenters. The van der Waals surface area contributed by atoms with Crippen molar-refractivity contribution >= 4 is 11.6 Å². The summed E-state index contributed by atoms with van der Waals surface area (Å²) in [5, 5.41) is 9.28. The van der Waals surface area contributed by atoms with E-state index in [2.05, 4.69) is 13.8 Å². The van der Waals surface area contributed by atoms with Gasteiger partial charge >= 0.3 is 0 Å². The van der Waals surface area contributed by atoms with E-state index in [0.717, 1.165) is 25.7 Å². The van der Waals surface area contributed by atoms with Crippen molar-refractivity contribution in [2.24, 2.45) is 0 Å². The van der Waals surface area contributed by atoms with Gasteiger partial charge in [-0.3, -0.25) is 0 Å². The Morgan fingerprint density at radius 2 is 1.70 bits per heavy atom. The fourth-order valence-electron chi connectivity index (χ4n) is 0.945. The van der Waals surface area contributed by atoms with Crippen LogP contribution in [0, 0.1) is 0 Å². The van der Waals surface area contributed by atoms with Crippen LogP contribution in [0.15, 0.2) is 0 Å². The smallest absolute Gasteiger partial charge is 0.0703 e. The first-order valence-electron chi connectivity index (χ1n) is 4.04. The molecule has 0 spiro atoms. The highest BCUT2D eigenvalue weighted by molar-refractivity contribution is 6.21. The van der Waals surface area contributed by atoms with E-state index in [1.54, 1.807) is 0 Å². The van der Waals surface area contributed by atoms with Crippen LogP contribution in [-0.4, -0.2) is 16.6 Å². The normalized spacial score (nSPS) is 16.8. The molecule has 0 bridgehead atoms. The lowest BCUT2D eigenvalue weighted by atomic mass is 10.1. The molecule has 0 amide bonds. The van der Waals surface area contributed by atoms with Crippen molar-refractivity contribution in [2.75, 3.05) is 0 Å². The third kappa shape index (κ3) is 4.13. The van der Waals surface area contributed by atoms with E-state index in [4.69, 9.17) is 11.6 Å². The molecule has 0 aliphatic carbocycles. The predicted octanol–water partition coefficient (Wildman–Crippen LogP) is 2.55. The minimum Gasteiger partial charge on any atom is -0.392 e. The van der Waals surface area contributed by atoms with Crippen molar-refractivity contribution in [3.8, 4) is 0 Å². The molecule has 1 nitrogen and oxygen atoms in total. The first kappa shape index (κ1) is 10.2. The SMILES string of the molecule is CCC[C@@H](Cl)[C@@H](O)CCC. The van der Waals surface area contributed by atoms with Gasteiger partial charge in [0, 0.05) is 0 Å². The second kappa shape index (κ2) is 5.99. The summed E-state index contributed by atoms with van der Waals surface area (Å²) in [7, 11) is 0. The summed E-state index contributed by atoms with van der Waals surface area (Å²) in [6.07, 6.45) is 3.51. The minimum absolute atomic E-state index is 0.0371. The third-order valence-electron chi connectivity index (χ3n) is 1.57. The van der Waals surface area contributed by atoms with Crippen LogP contribution >= 0.6 is 11.6 Å². The second-order valence-electron chi connectivity index (χ2n) is 2.66. The number of aliphatic hydroxyl groups excluding tert-OH is 1. The van der Waals surface area contributed by atoms with Gasteiger partial charge in [-0.25, -0.2) is 0 Å². The molecule has 0 aromatic carbocycles. The van der Waals surface area contributed by atoms with Crippen LogP contribution in [0.3, 0.4) is 0 Å². The number of hydrogen-bond acceptors (Lipinski definition) is 1. The van der Waals surface area contributed by atoms with E-state index in [0.29, 0.717) is 0 Å². The van der Waals surface area contributed by atoms with E-state index < -0.39 is 0 Å². The van der Waals surface area contributed by atoms with Crippen molar-refractivity contribution < 1.29 is 5.11 Å². The van der Waals surface area contributed by atoms with Crippen LogP contribution in [0.5, 0.6) is 0 Å². The molecule has 0 aliphatic heterocycles. The van der Waals surface area contributed by atoms with Gasteiger partial charge in [-0.15, -0.1) is 11.6 Å². The second-order valence-corrected chi connectivity index (χ2v) is 3.22. The van der Waals surface area contributed by atoms with Crippen molar-refractivity contribution in [2.45, 2.75) is 51.0 Å². The standard InChI is InChI=1S/C8H17ClO/c1-3-5-7(9)8(10)6-4-2/h7-8,10H,3-6H2,1-2H3/t7-,8+/m1/s1. The summed E-state index contributed by atoms with van der Waals surface area (Å²) in [6.45, 7) is 4.13. The van der Waals surface area contributed by atoms with Gasteiger partial charge in [-0.05, 0) is 12.8 Å². The van der Waals surface area contributed by atoms with Crippen LogP contribution in [0.4, 0.5) is 0 Å². The van der Waals surface area contributed by atoms with E-state index in [-0.39, 0.29) is 11.5 Å². The van der Waals surface area contributed by atoms with Crippen LogP contribution in [0.1, 0.15) is 39.5 Å². The monoisotopic (exact) mass is 164 g/mol. The molecular weight excluding hydrogens is 148 g/mol. The lowest BCUT2D eigenvalue weighted by Crippen LogP contribution is -2.19. The first-order chi connectivity index (χ1) is 4.72. The highest BCUT2D eigenvalue weighted by Gasteiger charge is 2.13. The van der Waals surface area contributed by atoms with Crippen molar-refractivity contribution in [1.82, 2.24) is 0 Å². The number of alkyl halides is 1. The summed E-state index contributed by atoms with van der Waals surface area (Å²) in [5.74, 6) is 0. The fraction of sp³-hybridized carbons (Fsp3) is 1.00. The van der Waals surface area contributed by atoms with E-state index in [1.807, 2.05) is 0 Å². The Balaban J connectivity index is 3.38. The lowest BCUT2D eigenvalue weighted by Gasteiger charge is -2.14. The first-order valence-corrected chi connectivity index (χ1v) is 4.48. The van der Waals surface area contributed by atoms with Crippen molar-refractivity contribution in [3.05, 3.63) is 0 Å². The molecule has 10 heavy (non-hydrogen) atoms. The predicted molar refractivity (Wildman–Crippen MR) is 45.5 cm³/mol. The van der Waals surface area contributed by atoms with Gasteiger partial charge < -0.3 is 5.11 Å². The Bertz CT molecular complexity index is 65.7. The maximum absolute atomic E-state index is 9.32. The van der Waals surface area contributed by atoms with E-state index >= 15 is 0 Å². The zero-order valence-corrected chi connectivity index (χ0v) is 7.56. The molecule has 0 saturated heterocycles. The number of halogens is 1. The van der Waals surface area contributed by atoms with Crippen LogP contribution < -0.4 is 0 Å². The van der Waals surface area contributed by atoms with Crippen LogP contribution in [0.25, 0.3) is 0 Å². The Kier molecular flexibility index (Phi) is 6.14. The molecular formula is C8H17ClO. The molecule has 0 rings (SSSR count). The maximum atomic E-state index is 9.32. The summed E-state index contributed by atoms with van der Waals surface area (Å²) in [4.78, 5) is 0. The Labute approximate surface area is 68.4 Å². The zero-order valence-electron chi connectivity index (χ0n) is 6.81. The van der Waals surface area contributed by atoms with E-state index in [9.17, 15) is 5.11 Å². The number of aliphatic hydroxyl groups is 1. The molecule has 0 saturated carbocycles. The Morgan fingerprint density at radius 1 is 1.20 bits per heavy atom.